The van der Waals surface area contributed by atoms with Crippen LogP contribution < -0.4 is 5.32 Å². The van der Waals surface area contributed by atoms with Crippen molar-refractivity contribution in [2.24, 2.45) is 0 Å². The number of amides is 2. The molecule has 3 aromatic carbocycles. The second-order valence-electron chi connectivity index (χ2n) is 8.36. The normalized spacial score (nSPS) is 11.6. The maximum atomic E-state index is 13.7. The van der Waals surface area contributed by atoms with E-state index in [4.69, 9.17) is 0 Å². The molecule has 1 N–H and O–H groups in total. The summed E-state index contributed by atoms with van der Waals surface area (Å²) in [6, 6.07) is 23.3. The zero-order valence-corrected chi connectivity index (χ0v) is 21.1. The number of carbonyl (C=O) groups is 2. The van der Waals surface area contributed by atoms with Crippen molar-refractivity contribution >= 4 is 27.7 Å². The highest BCUT2D eigenvalue weighted by Gasteiger charge is 2.30. The van der Waals surface area contributed by atoms with Crippen LogP contribution in [0.4, 0.5) is 0 Å². The van der Waals surface area contributed by atoms with Crippen molar-refractivity contribution in [2.45, 2.75) is 46.2 Å². The third-order valence-corrected chi connectivity index (χ3v) is 6.20. The van der Waals surface area contributed by atoms with E-state index in [0.717, 1.165) is 32.3 Å². The summed E-state index contributed by atoms with van der Waals surface area (Å²) in [4.78, 5) is 28.7. The molecule has 0 radical (unpaired) electrons. The Bertz CT molecular complexity index is 1100. The van der Waals surface area contributed by atoms with Crippen LogP contribution in [0.3, 0.4) is 0 Å². The molecule has 0 saturated carbocycles. The van der Waals surface area contributed by atoms with E-state index in [1.54, 1.807) is 4.90 Å². The number of halogens is 1. The molecular weight excluding hydrogens is 476 g/mol. The van der Waals surface area contributed by atoms with Crippen molar-refractivity contribution < 1.29 is 9.59 Å². The van der Waals surface area contributed by atoms with Crippen molar-refractivity contribution in [1.82, 2.24) is 10.2 Å². The lowest BCUT2D eigenvalue weighted by Gasteiger charge is -2.32. The van der Waals surface area contributed by atoms with Crippen molar-refractivity contribution in [3.63, 3.8) is 0 Å². The summed E-state index contributed by atoms with van der Waals surface area (Å²) in [7, 11) is 0. The Hall–Kier alpha value is -2.92. The Balaban J connectivity index is 1.98. The monoisotopic (exact) mass is 506 g/mol. The van der Waals surface area contributed by atoms with Gasteiger partial charge in [-0.25, -0.2) is 0 Å². The van der Waals surface area contributed by atoms with Crippen molar-refractivity contribution in [3.8, 4) is 0 Å². The fourth-order valence-electron chi connectivity index (χ4n) is 3.93. The molecule has 0 aliphatic carbocycles. The SMILES string of the molecule is CCNC(=O)C(Cc1ccccc1)N(Cc1cccc(Br)c1)C(=O)Cc1cc(C)ccc1C. The number of likely N-dealkylation sites (N-methyl/N-ethyl adjacent to an activating group) is 1. The highest BCUT2D eigenvalue weighted by Crippen LogP contribution is 2.20. The maximum absolute atomic E-state index is 13.7. The van der Waals surface area contributed by atoms with Crippen LogP contribution in [0.15, 0.2) is 77.3 Å². The molecule has 33 heavy (non-hydrogen) atoms. The Labute approximate surface area is 205 Å². The zero-order chi connectivity index (χ0) is 23.8. The smallest absolute Gasteiger partial charge is 0.243 e. The Morgan fingerprint density at radius 3 is 2.36 bits per heavy atom. The highest BCUT2D eigenvalue weighted by molar-refractivity contribution is 9.10. The van der Waals surface area contributed by atoms with Crippen LogP contribution in [-0.2, 0) is 29.0 Å². The molecular formula is C28H31BrN2O2. The summed E-state index contributed by atoms with van der Waals surface area (Å²) in [5, 5.41) is 2.94. The van der Waals surface area contributed by atoms with E-state index in [1.165, 1.54) is 0 Å². The Morgan fingerprint density at radius 1 is 0.939 bits per heavy atom. The fraction of sp³-hybridized carbons (Fsp3) is 0.286. The predicted octanol–water partition coefficient (Wildman–Crippen LogP) is 5.38. The van der Waals surface area contributed by atoms with Crippen molar-refractivity contribution in [1.29, 1.82) is 0 Å². The van der Waals surface area contributed by atoms with Gasteiger partial charge in [0.25, 0.3) is 0 Å². The molecule has 0 heterocycles. The third kappa shape index (κ3) is 7.03. The van der Waals surface area contributed by atoms with E-state index in [2.05, 4.69) is 33.4 Å². The van der Waals surface area contributed by atoms with Crippen LogP contribution in [0.5, 0.6) is 0 Å². The number of carbonyl (C=O) groups excluding carboxylic acids is 2. The summed E-state index contributed by atoms with van der Waals surface area (Å²) in [5.74, 6) is -0.193. The van der Waals surface area contributed by atoms with Gasteiger partial charge in [0.1, 0.15) is 6.04 Å². The van der Waals surface area contributed by atoms with Gasteiger partial charge in [0.05, 0.1) is 6.42 Å². The van der Waals surface area contributed by atoms with Crippen LogP contribution in [0.25, 0.3) is 0 Å². The van der Waals surface area contributed by atoms with Gasteiger partial charge < -0.3 is 10.2 Å². The van der Waals surface area contributed by atoms with E-state index in [0.29, 0.717) is 19.5 Å². The van der Waals surface area contributed by atoms with Gasteiger partial charge in [0, 0.05) is 24.0 Å². The van der Waals surface area contributed by atoms with Gasteiger partial charge in [0.15, 0.2) is 0 Å². The van der Waals surface area contributed by atoms with Crippen LogP contribution in [-0.4, -0.2) is 29.3 Å². The molecule has 0 spiro atoms. The lowest BCUT2D eigenvalue weighted by atomic mass is 9.99. The van der Waals surface area contributed by atoms with Gasteiger partial charge in [-0.1, -0.05) is 82.2 Å². The molecule has 0 fully saturated rings. The fourth-order valence-corrected chi connectivity index (χ4v) is 4.38. The Kier molecular flexibility index (Phi) is 8.84. The molecule has 0 bridgehead atoms. The van der Waals surface area contributed by atoms with Crippen molar-refractivity contribution in [2.75, 3.05) is 6.54 Å². The summed E-state index contributed by atoms with van der Waals surface area (Å²) in [6.45, 7) is 6.82. The summed E-state index contributed by atoms with van der Waals surface area (Å²) >= 11 is 3.52. The minimum atomic E-state index is -0.607. The Morgan fingerprint density at radius 2 is 1.67 bits per heavy atom. The number of nitrogens with zero attached hydrogens (tertiary/aromatic N) is 1. The molecule has 1 atom stereocenters. The largest absolute Gasteiger partial charge is 0.355 e. The van der Waals surface area contributed by atoms with Gasteiger partial charge in [-0.05, 0) is 55.2 Å². The van der Waals surface area contributed by atoms with Crippen LogP contribution in [0.1, 0.15) is 34.7 Å². The number of hydrogen-bond acceptors (Lipinski definition) is 2. The minimum Gasteiger partial charge on any atom is -0.355 e. The quantitative estimate of drug-likeness (QED) is 0.423. The van der Waals surface area contributed by atoms with Crippen LogP contribution >= 0.6 is 15.9 Å². The van der Waals surface area contributed by atoms with Gasteiger partial charge >= 0.3 is 0 Å². The second kappa shape index (κ2) is 11.8. The van der Waals surface area contributed by atoms with Gasteiger partial charge in [-0.3, -0.25) is 9.59 Å². The van der Waals surface area contributed by atoms with E-state index in [-0.39, 0.29) is 18.2 Å². The lowest BCUT2D eigenvalue weighted by molar-refractivity contribution is -0.140. The van der Waals surface area contributed by atoms with E-state index < -0.39 is 6.04 Å². The number of nitrogens with one attached hydrogen (secondary N) is 1. The zero-order valence-electron chi connectivity index (χ0n) is 19.5. The summed E-state index contributed by atoms with van der Waals surface area (Å²) < 4.78 is 0.944. The molecule has 3 rings (SSSR count). The average molecular weight is 507 g/mol. The molecule has 5 heteroatoms. The predicted molar refractivity (Wildman–Crippen MR) is 137 cm³/mol. The molecule has 0 aliphatic rings. The minimum absolute atomic E-state index is 0.0594. The standard InChI is InChI=1S/C28H31BrN2O2/c1-4-30-28(33)26(17-22-9-6-5-7-10-22)31(19-23-11-8-12-25(29)16-23)27(32)18-24-15-20(2)13-14-21(24)3/h5-16,26H,4,17-19H2,1-3H3,(H,30,33). The molecule has 0 aliphatic heterocycles. The summed E-state index contributed by atoms with van der Waals surface area (Å²) in [5.41, 5.74) is 5.18. The average Bonchev–Trinajstić information content (AvgIpc) is 2.79. The molecule has 0 saturated heterocycles. The highest BCUT2D eigenvalue weighted by atomic mass is 79.9. The molecule has 4 nitrogen and oxygen atoms in total. The first kappa shape index (κ1) is 24.7. The lowest BCUT2D eigenvalue weighted by Crippen LogP contribution is -2.51. The van der Waals surface area contributed by atoms with E-state index in [9.17, 15) is 9.59 Å². The number of hydrogen-bond donors (Lipinski definition) is 1. The first-order valence-corrected chi connectivity index (χ1v) is 12.1. The van der Waals surface area contributed by atoms with E-state index in [1.807, 2.05) is 81.4 Å². The van der Waals surface area contributed by atoms with Gasteiger partial charge in [0.2, 0.25) is 11.8 Å². The van der Waals surface area contributed by atoms with Crippen LogP contribution in [0.2, 0.25) is 0 Å². The third-order valence-electron chi connectivity index (χ3n) is 5.71. The van der Waals surface area contributed by atoms with Gasteiger partial charge in [-0.2, -0.15) is 0 Å². The molecule has 0 aromatic heterocycles. The number of rotatable bonds is 9. The molecule has 172 valence electrons. The van der Waals surface area contributed by atoms with Gasteiger partial charge in [-0.15, -0.1) is 0 Å². The number of aryl methyl sites for hydroxylation is 2. The first-order valence-electron chi connectivity index (χ1n) is 11.3. The number of benzene rings is 3. The first-order chi connectivity index (χ1) is 15.9. The maximum Gasteiger partial charge on any atom is 0.243 e. The van der Waals surface area contributed by atoms with E-state index >= 15 is 0 Å². The second-order valence-corrected chi connectivity index (χ2v) is 9.27. The topological polar surface area (TPSA) is 49.4 Å². The summed E-state index contributed by atoms with van der Waals surface area (Å²) in [6.07, 6.45) is 0.714. The van der Waals surface area contributed by atoms with Crippen LogP contribution in [0, 0.1) is 13.8 Å². The molecule has 2 amide bonds. The van der Waals surface area contributed by atoms with Crippen molar-refractivity contribution in [3.05, 3.63) is 105 Å². The molecule has 1 unspecified atom stereocenters. The molecule has 3 aromatic rings.